The van der Waals surface area contributed by atoms with Gasteiger partial charge in [-0.2, -0.15) is 13.2 Å². The molecule has 0 heterocycles. The number of hydrogen-bond donors (Lipinski definition) is 1. The molecule has 0 aromatic rings. The van der Waals surface area contributed by atoms with Gasteiger partial charge in [-0.15, -0.1) is 0 Å². The molecule has 0 aliphatic carbocycles. The molecule has 0 saturated carbocycles. The van der Waals surface area contributed by atoms with Crippen molar-refractivity contribution in [1.29, 1.82) is 0 Å². The second-order valence-electron chi connectivity index (χ2n) is 4.88. The number of halogens is 5. The molecule has 0 aliphatic rings. The maximum Gasteiger partial charge on any atom is 0.417 e. The van der Waals surface area contributed by atoms with Gasteiger partial charge in [0.15, 0.2) is 0 Å². The van der Waals surface area contributed by atoms with E-state index in [4.69, 9.17) is 0 Å². The van der Waals surface area contributed by atoms with Gasteiger partial charge in [0.25, 0.3) is 0 Å². The van der Waals surface area contributed by atoms with Crippen LogP contribution in [0.1, 0.15) is 33.6 Å². The molecular weight excluding hydrogens is 279 g/mol. The molecule has 0 bridgehead atoms. The van der Waals surface area contributed by atoms with Gasteiger partial charge in [-0.1, -0.05) is 13.0 Å². The number of nitrogens with one attached hydrogen (secondary N) is 1. The number of rotatable bonds is 8. The zero-order chi connectivity index (χ0) is 15.8. The Kier molecular flexibility index (Phi) is 7.93. The summed E-state index contributed by atoms with van der Waals surface area (Å²) in [5, 5.41) is 2.80. The summed E-state index contributed by atoms with van der Waals surface area (Å²) in [6, 6.07) is 0. The fourth-order valence-electron chi connectivity index (χ4n) is 1.66. The quantitative estimate of drug-likeness (QED) is 0.406. The van der Waals surface area contributed by atoms with E-state index in [2.05, 4.69) is 10.3 Å². The van der Waals surface area contributed by atoms with E-state index in [0.29, 0.717) is 13.0 Å². The molecule has 0 aromatic carbocycles. The van der Waals surface area contributed by atoms with Crippen molar-refractivity contribution in [2.45, 2.75) is 45.7 Å². The van der Waals surface area contributed by atoms with Crippen molar-refractivity contribution in [1.82, 2.24) is 5.32 Å². The molecule has 0 radical (unpaired) electrons. The Labute approximate surface area is 116 Å². The van der Waals surface area contributed by atoms with Crippen LogP contribution in [-0.4, -0.2) is 31.5 Å². The molecule has 0 aliphatic heterocycles. The zero-order valence-electron chi connectivity index (χ0n) is 11.9. The highest BCUT2D eigenvalue weighted by molar-refractivity contribution is 5.80. The number of aliphatic imine (C=N–C) groups is 1. The van der Waals surface area contributed by atoms with Crippen LogP contribution in [-0.2, 0) is 0 Å². The molecule has 0 spiro atoms. The van der Waals surface area contributed by atoms with Crippen LogP contribution in [0.3, 0.4) is 0 Å². The van der Waals surface area contributed by atoms with Gasteiger partial charge in [0.1, 0.15) is 0 Å². The largest absolute Gasteiger partial charge is 0.417 e. The predicted octanol–water partition coefficient (Wildman–Crippen LogP) is 4.18. The lowest BCUT2D eigenvalue weighted by atomic mass is 10.0. The summed E-state index contributed by atoms with van der Waals surface area (Å²) in [6.45, 7) is 4.34. The highest BCUT2D eigenvalue weighted by Gasteiger charge is 2.31. The van der Waals surface area contributed by atoms with Gasteiger partial charge in [0.05, 0.1) is 12.2 Å². The van der Waals surface area contributed by atoms with Crippen molar-refractivity contribution in [2.75, 3.05) is 13.2 Å². The molecule has 0 amide bonds. The van der Waals surface area contributed by atoms with Crippen LogP contribution < -0.4 is 5.32 Å². The second kappa shape index (κ2) is 8.34. The van der Waals surface area contributed by atoms with E-state index in [1.54, 1.807) is 6.92 Å². The molecule has 2 nitrogen and oxygen atoms in total. The summed E-state index contributed by atoms with van der Waals surface area (Å²) in [5.74, 6) is -2.85. The third-order valence-corrected chi connectivity index (χ3v) is 2.59. The SMILES string of the molecule is C/C=C(\C=N/CNCCC(C)CC(C)(F)F)C(F)(F)F. The Morgan fingerprint density at radius 3 is 2.30 bits per heavy atom. The Bertz CT molecular complexity index is 329. The Balaban J connectivity index is 3.88. The van der Waals surface area contributed by atoms with Crippen LogP contribution in [0.25, 0.3) is 0 Å². The summed E-state index contributed by atoms with van der Waals surface area (Å²) in [7, 11) is 0. The summed E-state index contributed by atoms with van der Waals surface area (Å²) in [4.78, 5) is 3.61. The van der Waals surface area contributed by atoms with E-state index < -0.39 is 17.7 Å². The van der Waals surface area contributed by atoms with Crippen molar-refractivity contribution in [3.8, 4) is 0 Å². The summed E-state index contributed by atoms with van der Waals surface area (Å²) >= 11 is 0. The molecule has 0 saturated heterocycles. The lowest BCUT2D eigenvalue weighted by Gasteiger charge is -2.16. The first-order chi connectivity index (χ1) is 9.06. The van der Waals surface area contributed by atoms with E-state index >= 15 is 0 Å². The third kappa shape index (κ3) is 9.89. The number of alkyl halides is 5. The molecule has 118 valence electrons. The average molecular weight is 300 g/mol. The molecule has 0 aromatic heterocycles. The Morgan fingerprint density at radius 2 is 1.85 bits per heavy atom. The molecule has 1 N–H and O–H groups in total. The molecule has 20 heavy (non-hydrogen) atoms. The van der Waals surface area contributed by atoms with Crippen LogP contribution in [0.2, 0.25) is 0 Å². The lowest BCUT2D eigenvalue weighted by Crippen LogP contribution is -2.21. The number of nitrogens with zero attached hydrogens (tertiary/aromatic N) is 1. The maximum atomic E-state index is 12.7. The van der Waals surface area contributed by atoms with Crippen LogP contribution in [0.15, 0.2) is 16.6 Å². The average Bonchev–Trinajstić information content (AvgIpc) is 2.23. The van der Waals surface area contributed by atoms with Crippen molar-refractivity contribution < 1.29 is 22.0 Å². The minimum Gasteiger partial charge on any atom is -0.298 e. The van der Waals surface area contributed by atoms with E-state index in [0.717, 1.165) is 19.2 Å². The Hall–Kier alpha value is -0.980. The van der Waals surface area contributed by atoms with Gasteiger partial charge in [-0.3, -0.25) is 10.3 Å². The summed E-state index contributed by atoms with van der Waals surface area (Å²) in [6.07, 6.45) is -2.38. The van der Waals surface area contributed by atoms with E-state index in [1.165, 1.54) is 6.92 Å². The molecular formula is C13H21F5N2. The van der Waals surface area contributed by atoms with Gasteiger partial charge in [0, 0.05) is 12.6 Å². The topological polar surface area (TPSA) is 24.4 Å². The van der Waals surface area contributed by atoms with Crippen molar-refractivity contribution in [3.63, 3.8) is 0 Å². The standard InChI is InChI=1S/C13H21F5N2/c1-4-11(13(16,17)18)8-20-9-19-6-5-10(2)7-12(3,14)15/h4,8,10,19H,5-7,9H2,1-3H3/b11-4+,20-8-. The smallest absolute Gasteiger partial charge is 0.298 e. The van der Waals surface area contributed by atoms with Gasteiger partial charge in [-0.05, 0) is 32.7 Å². The Morgan fingerprint density at radius 1 is 1.25 bits per heavy atom. The molecule has 1 unspecified atom stereocenters. The summed E-state index contributed by atoms with van der Waals surface area (Å²) in [5.41, 5.74) is -0.807. The maximum absolute atomic E-state index is 12.7. The van der Waals surface area contributed by atoms with Crippen molar-refractivity contribution in [3.05, 3.63) is 11.6 Å². The van der Waals surface area contributed by atoms with Crippen LogP contribution in [0, 0.1) is 5.92 Å². The fourth-order valence-corrected chi connectivity index (χ4v) is 1.66. The first kappa shape index (κ1) is 19.0. The van der Waals surface area contributed by atoms with Crippen LogP contribution in [0.5, 0.6) is 0 Å². The molecule has 7 heteroatoms. The molecule has 0 fully saturated rings. The monoisotopic (exact) mass is 300 g/mol. The highest BCUT2D eigenvalue weighted by Crippen LogP contribution is 2.24. The lowest BCUT2D eigenvalue weighted by molar-refractivity contribution is -0.0857. The van der Waals surface area contributed by atoms with Gasteiger partial charge >= 0.3 is 6.18 Å². The highest BCUT2D eigenvalue weighted by atomic mass is 19.4. The van der Waals surface area contributed by atoms with E-state index in [-0.39, 0.29) is 19.0 Å². The minimum atomic E-state index is -4.40. The zero-order valence-corrected chi connectivity index (χ0v) is 11.9. The van der Waals surface area contributed by atoms with Crippen LogP contribution >= 0.6 is 0 Å². The van der Waals surface area contributed by atoms with Gasteiger partial charge in [0.2, 0.25) is 5.92 Å². The van der Waals surface area contributed by atoms with E-state index in [9.17, 15) is 22.0 Å². The normalized spacial score (nSPS) is 15.9. The minimum absolute atomic E-state index is 0.0304. The first-order valence-corrected chi connectivity index (χ1v) is 6.38. The second-order valence-corrected chi connectivity index (χ2v) is 4.88. The van der Waals surface area contributed by atoms with Gasteiger partial charge in [-0.25, -0.2) is 8.78 Å². The van der Waals surface area contributed by atoms with Crippen molar-refractivity contribution in [2.24, 2.45) is 10.9 Å². The summed E-state index contributed by atoms with van der Waals surface area (Å²) < 4.78 is 62.3. The third-order valence-electron chi connectivity index (χ3n) is 2.59. The number of hydrogen-bond acceptors (Lipinski definition) is 2. The fraction of sp³-hybridized carbons (Fsp3) is 0.769. The molecule has 0 rings (SSSR count). The predicted molar refractivity (Wildman–Crippen MR) is 70.2 cm³/mol. The first-order valence-electron chi connectivity index (χ1n) is 6.38. The van der Waals surface area contributed by atoms with E-state index in [1.807, 2.05) is 0 Å². The van der Waals surface area contributed by atoms with Gasteiger partial charge < -0.3 is 0 Å². The molecule has 1 atom stereocenters. The number of allylic oxidation sites excluding steroid dienone is 2. The van der Waals surface area contributed by atoms with Crippen LogP contribution in [0.4, 0.5) is 22.0 Å². The van der Waals surface area contributed by atoms with Crippen molar-refractivity contribution >= 4 is 6.21 Å².